The maximum absolute atomic E-state index is 12.8. The van der Waals surface area contributed by atoms with Crippen LogP contribution >= 0.6 is 0 Å². The first-order valence-corrected chi connectivity index (χ1v) is 5.82. The van der Waals surface area contributed by atoms with Crippen LogP contribution in [0.25, 0.3) is 0 Å². The number of alkyl halides is 4. The zero-order chi connectivity index (χ0) is 14.8. The standard InChI is InChI=1S/C11H13F4N5/c1-19-10(11(13,14)15)8(5-17-19)4-16-9-6-18-20(7-9)3-2-12/h5-7,16H,2-4H2,1H3. The number of hydrogen-bond donors (Lipinski definition) is 1. The van der Waals surface area contributed by atoms with Crippen molar-refractivity contribution in [2.45, 2.75) is 19.3 Å². The van der Waals surface area contributed by atoms with E-state index in [0.717, 1.165) is 4.68 Å². The molecular formula is C11H13F4N5. The predicted octanol–water partition coefficient (Wildman–Crippen LogP) is 2.22. The van der Waals surface area contributed by atoms with Gasteiger partial charge < -0.3 is 5.32 Å². The van der Waals surface area contributed by atoms with Crippen molar-refractivity contribution in [2.75, 3.05) is 12.0 Å². The Bertz CT molecular complexity index is 572. The van der Waals surface area contributed by atoms with Gasteiger partial charge in [-0.2, -0.15) is 23.4 Å². The summed E-state index contributed by atoms with van der Waals surface area (Å²) in [6, 6.07) is 0. The van der Waals surface area contributed by atoms with Crippen LogP contribution in [0.5, 0.6) is 0 Å². The lowest BCUT2D eigenvalue weighted by Gasteiger charge is -2.10. The second-order valence-corrected chi connectivity index (χ2v) is 4.17. The Labute approximate surface area is 112 Å². The molecule has 2 heterocycles. The van der Waals surface area contributed by atoms with Crippen LogP contribution in [0.4, 0.5) is 23.2 Å². The van der Waals surface area contributed by atoms with Gasteiger partial charge in [-0.1, -0.05) is 0 Å². The Morgan fingerprint density at radius 1 is 1.25 bits per heavy atom. The van der Waals surface area contributed by atoms with Crippen molar-refractivity contribution in [3.05, 3.63) is 29.8 Å². The number of hydrogen-bond acceptors (Lipinski definition) is 3. The Morgan fingerprint density at radius 3 is 2.65 bits per heavy atom. The van der Waals surface area contributed by atoms with Crippen LogP contribution in [-0.4, -0.2) is 26.2 Å². The summed E-state index contributed by atoms with van der Waals surface area (Å²) in [7, 11) is 1.24. The lowest BCUT2D eigenvalue weighted by Crippen LogP contribution is -2.15. The molecule has 0 radical (unpaired) electrons. The van der Waals surface area contributed by atoms with E-state index in [9.17, 15) is 17.6 Å². The first kappa shape index (κ1) is 14.4. The fourth-order valence-electron chi connectivity index (χ4n) is 1.84. The fourth-order valence-corrected chi connectivity index (χ4v) is 1.84. The van der Waals surface area contributed by atoms with Gasteiger partial charge in [0.2, 0.25) is 0 Å². The van der Waals surface area contributed by atoms with Gasteiger partial charge in [-0.05, 0) is 0 Å². The molecule has 0 atom stereocenters. The zero-order valence-corrected chi connectivity index (χ0v) is 10.7. The van der Waals surface area contributed by atoms with Crippen LogP contribution in [0.15, 0.2) is 18.6 Å². The van der Waals surface area contributed by atoms with Crippen molar-refractivity contribution in [3.8, 4) is 0 Å². The Kier molecular flexibility index (Phi) is 3.96. The van der Waals surface area contributed by atoms with Crippen molar-refractivity contribution in [2.24, 2.45) is 7.05 Å². The third kappa shape index (κ3) is 3.09. The van der Waals surface area contributed by atoms with E-state index in [4.69, 9.17) is 0 Å². The van der Waals surface area contributed by atoms with Crippen molar-refractivity contribution in [3.63, 3.8) is 0 Å². The number of aromatic nitrogens is 4. The second kappa shape index (κ2) is 5.51. The van der Waals surface area contributed by atoms with E-state index in [-0.39, 0.29) is 18.7 Å². The molecule has 0 unspecified atom stereocenters. The molecule has 0 bridgehead atoms. The van der Waals surface area contributed by atoms with E-state index in [1.54, 1.807) is 0 Å². The van der Waals surface area contributed by atoms with Gasteiger partial charge in [0, 0.05) is 25.4 Å². The molecule has 1 N–H and O–H groups in total. The number of halogens is 4. The summed E-state index contributed by atoms with van der Waals surface area (Å²) < 4.78 is 52.8. The molecule has 0 aromatic carbocycles. The lowest BCUT2D eigenvalue weighted by atomic mass is 10.2. The summed E-state index contributed by atoms with van der Waals surface area (Å²) in [6.45, 7) is -0.478. The minimum absolute atomic E-state index is 0.0377. The third-order valence-electron chi connectivity index (χ3n) is 2.71. The van der Waals surface area contributed by atoms with E-state index < -0.39 is 18.5 Å². The lowest BCUT2D eigenvalue weighted by molar-refractivity contribution is -0.144. The summed E-state index contributed by atoms with van der Waals surface area (Å²) in [5.74, 6) is 0. The fraction of sp³-hybridized carbons (Fsp3) is 0.455. The van der Waals surface area contributed by atoms with E-state index in [1.165, 1.54) is 30.3 Å². The minimum Gasteiger partial charge on any atom is -0.378 e. The van der Waals surface area contributed by atoms with Gasteiger partial charge in [-0.25, -0.2) is 4.39 Å². The summed E-state index contributed by atoms with van der Waals surface area (Å²) in [4.78, 5) is 0. The molecule has 0 spiro atoms. The van der Waals surface area contributed by atoms with Gasteiger partial charge >= 0.3 is 6.18 Å². The van der Waals surface area contributed by atoms with Crippen molar-refractivity contribution in [1.82, 2.24) is 19.6 Å². The number of rotatable bonds is 5. The highest BCUT2D eigenvalue weighted by Gasteiger charge is 2.37. The Balaban J connectivity index is 2.07. The SMILES string of the molecule is Cn1ncc(CNc2cnn(CCF)c2)c1C(F)(F)F. The Morgan fingerprint density at radius 2 is 2.00 bits per heavy atom. The van der Waals surface area contributed by atoms with Crippen molar-refractivity contribution < 1.29 is 17.6 Å². The molecule has 20 heavy (non-hydrogen) atoms. The number of anilines is 1. The predicted molar refractivity (Wildman–Crippen MR) is 63.7 cm³/mol. The molecule has 0 aliphatic rings. The largest absolute Gasteiger partial charge is 0.433 e. The molecule has 0 aliphatic heterocycles. The average molecular weight is 291 g/mol. The van der Waals surface area contributed by atoms with E-state index in [0.29, 0.717) is 5.69 Å². The molecule has 5 nitrogen and oxygen atoms in total. The van der Waals surface area contributed by atoms with Gasteiger partial charge in [0.25, 0.3) is 0 Å². The van der Waals surface area contributed by atoms with Crippen LogP contribution in [0.1, 0.15) is 11.3 Å². The summed E-state index contributed by atoms with van der Waals surface area (Å²) in [5, 5.41) is 10.3. The number of nitrogens with one attached hydrogen (secondary N) is 1. The molecular weight excluding hydrogens is 278 g/mol. The third-order valence-corrected chi connectivity index (χ3v) is 2.71. The number of aryl methyl sites for hydroxylation is 2. The van der Waals surface area contributed by atoms with Crippen molar-refractivity contribution in [1.29, 1.82) is 0 Å². The average Bonchev–Trinajstić information content (AvgIpc) is 2.93. The van der Waals surface area contributed by atoms with Gasteiger partial charge in [0.05, 0.1) is 24.6 Å². The van der Waals surface area contributed by atoms with E-state index in [1.807, 2.05) is 0 Å². The summed E-state index contributed by atoms with van der Waals surface area (Å²) in [5.41, 5.74) is -0.227. The second-order valence-electron chi connectivity index (χ2n) is 4.17. The highest BCUT2D eigenvalue weighted by molar-refractivity contribution is 5.39. The molecule has 2 aromatic rings. The molecule has 0 aliphatic carbocycles. The first-order chi connectivity index (χ1) is 9.41. The van der Waals surface area contributed by atoms with E-state index in [2.05, 4.69) is 15.5 Å². The van der Waals surface area contributed by atoms with E-state index >= 15 is 0 Å². The smallest absolute Gasteiger partial charge is 0.378 e. The van der Waals surface area contributed by atoms with Crippen LogP contribution in [0.3, 0.4) is 0 Å². The Hall–Kier alpha value is -2.06. The molecule has 9 heteroatoms. The molecule has 0 amide bonds. The topological polar surface area (TPSA) is 47.7 Å². The van der Waals surface area contributed by atoms with Crippen LogP contribution in [0.2, 0.25) is 0 Å². The molecule has 110 valence electrons. The molecule has 2 aromatic heterocycles. The maximum Gasteiger partial charge on any atom is 0.433 e. The van der Waals surface area contributed by atoms with Gasteiger partial charge in [0.1, 0.15) is 12.4 Å². The highest BCUT2D eigenvalue weighted by atomic mass is 19.4. The zero-order valence-electron chi connectivity index (χ0n) is 10.7. The summed E-state index contributed by atoms with van der Waals surface area (Å²) >= 11 is 0. The minimum atomic E-state index is -4.46. The quantitative estimate of drug-likeness (QED) is 0.859. The maximum atomic E-state index is 12.8. The first-order valence-electron chi connectivity index (χ1n) is 5.82. The highest BCUT2D eigenvalue weighted by Crippen LogP contribution is 2.31. The molecule has 2 rings (SSSR count). The number of nitrogens with zero attached hydrogens (tertiary/aromatic N) is 4. The molecule has 0 saturated heterocycles. The molecule has 0 saturated carbocycles. The summed E-state index contributed by atoms with van der Waals surface area (Å²) in [6.07, 6.45) is -0.328. The van der Waals surface area contributed by atoms with Crippen molar-refractivity contribution >= 4 is 5.69 Å². The monoisotopic (exact) mass is 291 g/mol. The van der Waals surface area contributed by atoms with Gasteiger partial charge in [0.15, 0.2) is 0 Å². The van der Waals surface area contributed by atoms with Gasteiger partial charge in [-0.15, -0.1) is 0 Å². The van der Waals surface area contributed by atoms with Crippen LogP contribution in [0, 0.1) is 0 Å². The van der Waals surface area contributed by atoms with Crippen LogP contribution < -0.4 is 5.32 Å². The molecule has 0 fully saturated rings. The van der Waals surface area contributed by atoms with Gasteiger partial charge in [-0.3, -0.25) is 9.36 Å². The normalized spacial score (nSPS) is 11.8. The van der Waals surface area contributed by atoms with Crippen LogP contribution in [-0.2, 0) is 26.3 Å².